The first-order valence-electron chi connectivity index (χ1n) is 9.36. The van der Waals surface area contributed by atoms with Crippen molar-refractivity contribution < 1.29 is 9.53 Å². The van der Waals surface area contributed by atoms with Crippen molar-refractivity contribution in [1.29, 1.82) is 0 Å². The first kappa shape index (κ1) is 18.7. The molecule has 26 heavy (non-hydrogen) atoms. The normalized spacial score (nSPS) is 19.8. The predicted octanol–water partition coefficient (Wildman–Crippen LogP) is 5.07. The average Bonchev–Trinajstić information content (AvgIpc) is 2.59. The number of nitrogens with zero attached hydrogens (tertiary/aromatic N) is 1. The number of likely N-dealkylation sites (tertiary alicyclic amines) is 1. The number of piperidine rings is 1. The zero-order chi connectivity index (χ0) is 18.8. The molecule has 1 heterocycles. The van der Waals surface area contributed by atoms with Gasteiger partial charge < -0.3 is 4.74 Å². The van der Waals surface area contributed by atoms with E-state index >= 15 is 0 Å². The molecule has 138 valence electrons. The minimum Gasteiger partial charge on any atom is -0.459 e. The number of ether oxygens (including phenoxy) is 1. The molecule has 0 radical (unpaired) electrons. The molecule has 1 aliphatic heterocycles. The Bertz CT molecular complexity index is 719. The van der Waals surface area contributed by atoms with Crippen LogP contribution in [0.2, 0.25) is 0 Å². The molecular formula is C23H29NO2. The van der Waals surface area contributed by atoms with Crippen LogP contribution in [0.4, 0.5) is 0 Å². The second-order valence-electron chi connectivity index (χ2n) is 8.50. The molecule has 0 bridgehead atoms. The Morgan fingerprint density at radius 2 is 1.42 bits per heavy atom. The highest BCUT2D eigenvalue weighted by molar-refractivity contribution is 5.89. The van der Waals surface area contributed by atoms with E-state index < -0.39 is 0 Å². The minimum atomic E-state index is -0.223. The lowest BCUT2D eigenvalue weighted by molar-refractivity contribution is -0.0919. The van der Waals surface area contributed by atoms with E-state index in [0.717, 1.165) is 19.4 Å². The van der Waals surface area contributed by atoms with Crippen molar-refractivity contribution in [2.75, 3.05) is 0 Å². The van der Waals surface area contributed by atoms with Crippen LogP contribution < -0.4 is 0 Å². The molecule has 0 saturated carbocycles. The lowest BCUT2D eigenvalue weighted by Gasteiger charge is -2.55. The Hall–Kier alpha value is -2.13. The molecule has 3 heteroatoms. The number of hydrogen-bond acceptors (Lipinski definition) is 3. The van der Waals surface area contributed by atoms with Gasteiger partial charge in [0.15, 0.2) is 0 Å². The Kier molecular flexibility index (Phi) is 5.19. The van der Waals surface area contributed by atoms with Crippen LogP contribution in [0, 0.1) is 0 Å². The third-order valence-electron chi connectivity index (χ3n) is 5.38. The number of esters is 1. The molecule has 0 amide bonds. The summed E-state index contributed by atoms with van der Waals surface area (Å²) in [5.41, 5.74) is 1.82. The van der Waals surface area contributed by atoms with Crippen molar-refractivity contribution in [3.63, 3.8) is 0 Å². The highest BCUT2D eigenvalue weighted by Gasteiger charge is 2.46. The van der Waals surface area contributed by atoms with E-state index in [1.54, 1.807) is 0 Å². The summed E-state index contributed by atoms with van der Waals surface area (Å²) in [7, 11) is 0. The highest BCUT2D eigenvalue weighted by Crippen LogP contribution is 2.40. The van der Waals surface area contributed by atoms with Crippen molar-refractivity contribution in [2.24, 2.45) is 0 Å². The van der Waals surface area contributed by atoms with Gasteiger partial charge in [0, 0.05) is 30.5 Å². The van der Waals surface area contributed by atoms with Crippen LogP contribution in [0.25, 0.3) is 0 Å². The summed E-state index contributed by atoms with van der Waals surface area (Å²) in [5.74, 6) is -0.223. The smallest absolute Gasteiger partial charge is 0.338 e. The van der Waals surface area contributed by atoms with Crippen molar-refractivity contribution >= 4 is 5.97 Å². The second-order valence-corrected chi connectivity index (χ2v) is 8.50. The van der Waals surface area contributed by atoms with Crippen LogP contribution in [0.1, 0.15) is 56.5 Å². The zero-order valence-corrected chi connectivity index (χ0v) is 16.2. The van der Waals surface area contributed by atoms with Gasteiger partial charge in [0.25, 0.3) is 0 Å². The molecule has 3 nitrogen and oxygen atoms in total. The predicted molar refractivity (Wildman–Crippen MR) is 105 cm³/mol. The first-order valence-corrected chi connectivity index (χ1v) is 9.36. The summed E-state index contributed by atoms with van der Waals surface area (Å²) in [5, 5.41) is 0. The molecule has 1 aliphatic rings. The van der Waals surface area contributed by atoms with Crippen LogP contribution in [0.15, 0.2) is 60.7 Å². The molecular weight excluding hydrogens is 322 g/mol. The highest BCUT2D eigenvalue weighted by atomic mass is 16.5. The standard InChI is InChI=1S/C23H29NO2/c1-22(2)15-20(26-21(25)19-13-9-6-10-14-19)16-23(3,4)24(22)17-18-11-7-5-8-12-18/h5-14,20H,15-17H2,1-4H3. The quantitative estimate of drug-likeness (QED) is 0.721. The van der Waals surface area contributed by atoms with Gasteiger partial charge in [-0.05, 0) is 45.4 Å². The zero-order valence-electron chi connectivity index (χ0n) is 16.2. The van der Waals surface area contributed by atoms with E-state index in [1.165, 1.54) is 5.56 Å². The monoisotopic (exact) mass is 351 g/mol. The van der Waals surface area contributed by atoms with Crippen LogP contribution in [0.3, 0.4) is 0 Å². The second kappa shape index (κ2) is 7.24. The maximum atomic E-state index is 12.5. The molecule has 1 fully saturated rings. The van der Waals surface area contributed by atoms with E-state index in [0.29, 0.717) is 5.56 Å². The first-order chi connectivity index (χ1) is 12.3. The van der Waals surface area contributed by atoms with Crippen LogP contribution in [-0.4, -0.2) is 28.1 Å². The lowest BCUT2D eigenvalue weighted by Crippen LogP contribution is -2.61. The summed E-state index contributed by atoms with van der Waals surface area (Å²) < 4.78 is 5.88. The number of hydrogen-bond donors (Lipinski definition) is 0. The molecule has 1 saturated heterocycles. The van der Waals surface area contributed by atoms with Crippen molar-refractivity contribution in [2.45, 2.75) is 64.3 Å². The largest absolute Gasteiger partial charge is 0.459 e. The fraction of sp³-hybridized carbons (Fsp3) is 0.435. The summed E-state index contributed by atoms with van der Waals surface area (Å²) >= 11 is 0. The van der Waals surface area contributed by atoms with Crippen LogP contribution >= 0.6 is 0 Å². The molecule has 0 unspecified atom stereocenters. The summed E-state index contributed by atoms with van der Waals surface area (Å²) in [4.78, 5) is 15.0. The molecule has 3 rings (SSSR count). The molecule has 0 aromatic heterocycles. The number of carbonyl (C=O) groups is 1. The molecule has 0 atom stereocenters. The topological polar surface area (TPSA) is 29.5 Å². The third kappa shape index (κ3) is 4.16. The fourth-order valence-electron chi connectivity index (χ4n) is 4.30. The molecule has 2 aromatic rings. The lowest BCUT2D eigenvalue weighted by atomic mass is 9.77. The van der Waals surface area contributed by atoms with Crippen molar-refractivity contribution in [3.8, 4) is 0 Å². The number of rotatable bonds is 4. The van der Waals surface area contributed by atoms with E-state index in [2.05, 4.69) is 62.9 Å². The van der Waals surface area contributed by atoms with Gasteiger partial charge in [0.05, 0.1) is 5.56 Å². The van der Waals surface area contributed by atoms with Gasteiger partial charge in [-0.15, -0.1) is 0 Å². The van der Waals surface area contributed by atoms with Crippen LogP contribution in [-0.2, 0) is 11.3 Å². The summed E-state index contributed by atoms with van der Waals surface area (Å²) in [6.45, 7) is 9.90. The van der Waals surface area contributed by atoms with E-state index in [-0.39, 0.29) is 23.2 Å². The number of carbonyl (C=O) groups excluding carboxylic acids is 1. The average molecular weight is 351 g/mol. The molecule has 2 aromatic carbocycles. The molecule has 0 aliphatic carbocycles. The van der Waals surface area contributed by atoms with Gasteiger partial charge in [-0.3, -0.25) is 4.90 Å². The Morgan fingerprint density at radius 1 is 0.923 bits per heavy atom. The molecule has 0 spiro atoms. The number of benzene rings is 2. The van der Waals surface area contributed by atoms with E-state index in [1.807, 2.05) is 30.3 Å². The Labute approximate surface area is 157 Å². The maximum Gasteiger partial charge on any atom is 0.338 e. The SMILES string of the molecule is CC1(C)CC(OC(=O)c2ccccc2)CC(C)(C)N1Cc1ccccc1. The van der Waals surface area contributed by atoms with E-state index in [9.17, 15) is 4.79 Å². The fourth-order valence-corrected chi connectivity index (χ4v) is 4.30. The van der Waals surface area contributed by atoms with Crippen molar-refractivity contribution in [1.82, 2.24) is 4.90 Å². The van der Waals surface area contributed by atoms with Gasteiger partial charge in [-0.2, -0.15) is 0 Å². The molecule has 0 N–H and O–H groups in total. The maximum absolute atomic E-state index is 12.5. The van der Waals surface area contributed by atoms with Gasteiger partial charge in [0.2, 0.25) is 0 Å². The summed E-state index contributed by atoms with van der Waals surface area (Å²) in [6.07, 6.45) is 1.60. The third-order valence-corrected chi connectivity index (χ3v) is 5.38. The summed E-state index contributed by atoms with van der Waals surface area (Å²) in [6, 6.07) is 19.8. The Morgan fingerprint density at radius 3 is 1.96 bits per heavy atom. The van der Waals surface area contributed by atoms with E-state index in [4.69, 9.17) is 4.74 Å². The van der Waals surface area contributed by atoms with Gasteiger partial charge in [-0.25, -0.2) is 4.79 Å². The van der Waals surface area contributed by atoms with Crippen molar-refractivity contribution in [3.05, 3.63) is 71.8 Å². The van der Waals surface area contributed by atoms with Gasteiger partial charge >= 0.3 is 5.97 Å². The Balaban J connectivity index is 1.73. The van der Waals surface area contributed by atoms with Gasteiger partial charge in [-0.1, -0.05) is 48.5 Å². The van der Waals surface area contributed by atoms with Gasteiger partial charge in [0.1, 0.15) is 6.10 Å². The van der Waals surface area contributed by atoms with Crippen LogP contribution in [0.5, 0.6) is 0 Å². The minimum absolute atomic E-state index is 0.0563.